The molecule has 0 aliphatic carbocycles. The van der Waals surface area contributed by atoms with Crippen LogP contribution in [0.1, 0.15) is 29.2 Å². The minimum Gasteiger partial charge on any atom is -0.493 e. The second-order valence-electron chi connectivity index (χ2n) is 6.78. The van der Waals surface area contributed by atoms with Crippen molar-refractivity contribution in [2.45, 2.75) is 18.5 Å². The van der Waals surface area contributed by atoms with Gasteiger partial charge in [0.2, 0.25) is 5.91 Å². The normalized spacial score (nSPS) is 16.0. The lowest BCUT2D eigenvalue weighted by Gasteiger charge is -2.25. The van der Waals surface area contributed by atoms with Crippen LogP contribution in [0.25, 0.3) is 5.69 Å². The number of alkyl halides is 3. The van der Waals surface area contributed by atoms with Crippen molar-refractivity contribution < 1.29 is 27.4 Å². The van der Waals surface area contributed by atoms with E-state index in [0.29, 0.717) is 28.7 Å². The molecule has 1 aliphatic heterocycles. The van der Waals surface area contributed by atoms with Crippen LogP contribution in [0.15, 0.2) is 48.8 Å². The molecular formula is C21H18F3N3O3. The van der Waals surface area contributed by atoms with Gasteiger partial charge in [0.05, 0.1) is 25.5 Å². The monoisotopic (exact) mass is 417 g/mol. The number of para-hydroxylation sites is 1. The van der Waals surface area contributed by atoms with Gasteiger partial charge in [0.15, 0.2) is 11.5 Å². The molecule has 1 aliphatic rings. The van der Waals surface area contributed by atoms with Crippen LogP contribution < -0.4 is 14.8 Å². The van der Waals surface area contributed by atoms with Gasteiger partial charge in [0, 0.05) is 23.6 Å². The molecule has 0 saturated heterocycles. The fourth-order valence-corrected chi connectivity index (χ4v) is 3.66. The summed E-state index contributed by atoms with van der Waals surface area (Å²) in [6.45, 7) is 0. The maximum Gasteiger partial charge on any atom is 0.416 e. The van der Waals surface area contributed by atoms with Crippen molar-refractivity contribution in [3.8, 4) is 17.2 Å². The number of methoxy groups -OCH3 is 2. The van der Waals surface area contributed by atoms with Gasteiger partial charge in [-0.15, -0.1) is 0 Å². The highest BCUT2D eigenvalue weighted by atomic mass is 19.4. The van der Waals surface area contributed by atoms with E-state index >= 15 is 0 Å². The van der Waals surface area contributed by atoms with Gasteiger partial charge in [0.25, 0.3) is 0 Å². The number of fused-ring (bicyclic) bond motifs is 1. The first kappa shape index (κ1) is 19.8. The van der Waals surface area contributed by atoms with Crippen molar-refractivity contribution in [2.75, 3.05) is 19.5 Å². The van der Waals surface area contributed by atoms with Crippen molar-refractivity contribution in [3.63, 3.8) is 0 Å². The molecule has 3 aromatic rings. The number of nitrogens with zero attached hydrogens (tertiary/aromatic N) is 2. The molecule has 6 nitrogen and oxygen atoms in total. The summed E-state index contributed by atoms with van der Waals surface area (Å²) in [5, 5.41) is 2.78. The summed E-state index contributed by atoms with van der Waals surface area (Å²) in [4.78, 5) is 16.9. The van der Waals surface area contributed by atoms with E-state index in [9.17, 15) is 18.0 Å². The van der Waals surface area contributed by atoms with E-state index in [1.165, 1.54) is 32.7 Å². The Labute approximate surface area is 170 Å². The first-order valence-electron chi connectivity index (χ1n) is 9.09. The molecule has 9 heteroatoms. The number of benzene rings is 2. The maximum absolute atomic E-state index is 12.9. The summed E-state index contributed by atoms with van der Waals surface area (Å²) in [6.07, 6.45) is -2.78. The highest BCUT2D eigenvalue weighted by Crippen LogP contribution is 2.44. The SMILES string of the molecule is COc1cccc([C@H]2CC(=O)Nc3c2ncn3-c2ccc(C(F)(F)F)cc2)c1OC. The number of rotatable bonds is 4. The number of aromatic nitrogens is 2. The van der Waals surface area contributed by atoms with Gasteiger partial charge in [-0.05, 0) is 30.3 Å². The first-order chi connectivity index (χ1) is 14.3. The lowest BCUT2D eigenvalue weighted by Crippen LogP contribution is -2.25. The number of ether oxygens (including phenoxy) is 2. The Morgan fingerprint density at radius 1 is 1.10 bits per heavy atom. The van der Waals surface area contributed by atoms with Crippen LogP contribution in [0.3, 0.4) is 0 Å². The van der Waals surface area contributed by atoms with Crippen LogP contribution in [0.2, 0.25) is 0 Å². The summed E-state index contributed by atoms with van der Waals surface area (Å²) in [5.74, 6) is 0.834. The molecule has 2 aromatic carbocycles. The Balaban J connectivity index is 1.79. The van der Waals surface area contributed by atoms with Gasteiger partial charge in [-0.25, -0.2) is 4.98 Å². The predicted molar refractivity (Wildman–Crippen MR) is 103 cm³/mol. The predicted octanol–water partition coefficient (Wildman–Crippen LogP) is 4.38. The van der Waals surface area contributed by atoms with Gasteiger partial charge in [0.1, 0.15) is 12.1 Å². The minimum absolute atomic E-state index is 0.153. The van der Waals surface area contributed by atoms with E-state index in [-0.39, 0.29) is 12.3 Å². The highest BCUT2D eigenvalue weighted by Gasteiger charge is 2.34. The van der Waals surface area contributed by atoms with Crippen LogP contribution in [0, 0.1) is 0 Å². The van der Waals surface area contributed by atoms with E-state index in [2.05, 4.69) is 10.3 Å². The number of nitrogens with one attached hydrogen (secondary N) is 1. The molecule has 1 amide bonds. The van der Waals surface area contributed by atoms with Crippen molar-refractivity contribution >= 4 is 11.7 Å². The fourth-order valence-electron chi connectivity index (χ4n) is 3.66. The molecule has 30 heavy (non-hydrogen) atoms. The largest absolute Gasteiger partial charge is 0.493 e. The van der Waals surface area contributed by atoms with Crippen LogP contribution in [0.4, 0.5) is 19.0 Å². The van der Waals surface area contributed by atoms with E-state index in [1.54, 1.807) is 16.7 Å². The zero-order valence-corrected chi connectivity index (χ0v) is 16.2. The minimum atomic E-state index is -4.42. The molecule has 0 unspecified atom stereocenters. The molecule has 1 atom stereocenters. The third-order valence-corrected chi connectivity index (χ3v) is 5.05. The van der Waals surface area contributed by atoms with Crippen LogP contribution >= 0.6 is 0 Å². The molecular weight excluding hydrogens is 399 g/mol. The smallest absolute Gasteiger partial charge is 0.416 e. The lowest BCUT2D eigenvalue weighted by atomic mass is 9.89. The molecule has 0 radical (unpaired) electrons. The molecule has 0 saturated carbocycles. The van der Waals surface area contributed by atoms with Crippen LogP contribution in [-0.2, 0) is 11.0 Å². The van der Waals surface area contributed by atoms with Crippen LogP contribution in [-0.4, -0.2) is 29.7 Å². The topological polar surface area (TPSA) is 65.4 Å². The number of hydrogen-bond acceptors (Lipinski definition) is 4. The van der Waals surface area contributed by atoms with Gasteiger partial charge in [-0.2, -0.15) is 13.2 Å². The van der Waals surface area contributed by atoms with Crippen LogP contribution in [0.5, 0.6) is 11.5 Å². The van der Waals surface area contributed by atoms with Gasteiger partial charge in [-0.3, -0.25) is 9.36 Å². The van der Waals surface area contributed by atoms with Crippen molar-refractivity contribution in [3.05, 3.63) is 65.6 Å². The number of hydrogen-bond donors (Lipinski definition) is 1. The third kappa shape index (κ3) is 3.36. The standard InChI is InChI=1S/C21H18F3N3O3/c1-29-16-5-3-4-14(19(16)30-2)15-10-17(28)26-20-18(15)25-11-27(20)13-8-6-12(7-9-13)21(22,23)24/h3-9,11,15H,10H2,1-2H3,(H,26,28)/t15-/m1/s1. The zero-order chi connectivity index (χ0) is 21.5. The number of anilines is 1. The molecule has 1 N–H and O–H groups in total. The first-order valence-corrected chi connectivity index (χ1v) is 9.09. The molecule has 0 bridgehead atoms. The zero-order valence-electron chi connectivity index (χ0n) is 16.2. The molecule has 156 valence electrons. The van der Waals surface area contributed by atoms with Crippen molar-refractivity contribution in [1.29, 1.82) is 0 Å². The molecule has 0 spiro atoms. The van der Waals surface area contributed by atoms with Gasteiger partial charge in [-0.1, -0.05) is 12.1 Å². The van der Waals surface area contributed by atoms with E-state index < -0.39 is 17.7 Å². The number of carbonyl (C=O) groups is 1. The number of imidazole rings is 1. The summed E-state index contributed by atoms with van der Waals surface area (Å²) in [5.41, 5.74) is 1.05. The second kappa shape index (κ2) is 7.40. The summed E-state index contributed by atoms with van der Waals surface area (Å²) in [6, 6.07) is 10.1. The Morgan fingerprint density at radius 3 is 2.47 bits per heavy atom. The molecule has 0 fully saturated rings. The average molecular weight is 417 g/mol. The summed E-state index contributed by atoms with van der Waals surface area (Å²) < 4.78 is 51.0. The molecule has 4 rings (SSSR count). The fraction of sp³-hybridized carbons (Fsp3) is 0.238. The maximum atomic E-state index is 12.9. The Bertz CT molecular complexity index is 1090. The Kier molecular flexibility index (Phi) is 4.89. The number of halogens is 3. The van der Waals surface area contributed by atoms with Crippen molar-refractivity contribution in [1.82, 2.24) is 9.55 Å². The van der Waals surface area contributed by atoms with Crippen molar-refractivity contribution in [2.24, 2.45) is 0 Å². The second-order valence-corrected chi connectivity index (χ2v) is 6.78. The summed E-state index contributed by atoms with van der Waals surface area (Å²) in [7, 11) is 3.05. The molecule has 2 heterocycles. The number of amides is 1. The average Bonchev–Trinajstić information content (AvgIpc) is 3.15. The van der Waals surface area contributed by atoms with E-state index in [0.717, 1.165) is 17.7 Å². The molecule has 1 aromatic heterocycles. The lowest BCUT2D eigenvalue weighted by molar-refractivity contribution is -0.137. The van der Waals surface area contributed by atoms with Gasteiger partial charge >= 0.3 is 6.18 Å². The highest BCUT2D eigenvalue weighted by molar-refractivity contribution is 5.94. The van der Waals surface area contributed by atoms with E-state index in [4.69, 9.17) is 9.47 Å². The number of carbonyl (C=O) groups excluding carboxylic acids is 1. The Morgan fingerprint density at radius 2 is 1.83 bits per heavy atom. The quantitative estimate of drug-likeness (QED) is 0.684. The Hall–Kier alpha value is -3.49. The van der Waals surface area contributed by atoms with E-state index in [1.807, 2.05) is 6.07 Å². The third-order valence-electron chi connectivity index (χ3n) is 5.05. The summed E-state index contributed by atoms with van der Waals surface area (Å²) >= 11 is 0. The van der Waals surface area contributed by atoms with Gasteiger partial charge < -0.3 is 14.8 Å².